The van der Waals surface area contributed by atoms with Crippen molar-refractivity contribution in [3.8, 4) is 0 Å². The van der Waals surface area contributed by atoms with Crippen LogP contribution in [0.3, 0.4) is 0 Å². The molecule has 2 aliphatic carbocycles. The second kappa shape index (κ2) is 4.02. The zero-order valence-electron chi connectivity index (χ0n) is 10.4. The Hall–Kier alpha value is -0.570. The van der Waals surface area contributed by atoms with Gasteiger partial charge in [0.2, 0.25) is 0 Å². The maximum absolute atomic E-state index is 11.7. The summed E-state index contributed by atoms with van der Waals surface area (Å²) in [4.78, 5) is 11.7. The van der Waals surface area contributed by atoms with Gasteiger partial charge in [-0.25, -0.2) is 0 Å². The monoisotopic (exact) mass is 225 g/mol. The van der Waals surface area contributed by atoms with Crippen LogP contribution in [-0.2, 0) is 4.79 Å². The van der Waals surface area contributed by atoms with Gasteiger partial charge in [-0.2, -0.15) is 0 Å². The van der Waals surface area contributed by atoms with Crippen molar-refractivity contribution >= 4 is 5.91 Å². The van der Waals surface area contributed by atoms with Gasteiger partial charge in [-0.3, -0.25) is 4.79 Å². The average molecular weight is 225 g/mol. The highest BCUT2D eigenvalue weighted by atomic mass is 16.3. The smallest absolute Gasteiger partial charge is 0.252 e. The van der Waals surface area contributed by atoms with Crippen molar-refractivity contribution in [3.05, 3.63) is 0 Å². The minimum absolute atomic E-state index is 0.141. The molecule has 3 heteroatoms. The maximum atomic E-state index is 11.7. The van der Waals surface area contributed by atoms with E-state index in [0.717, 1.165) is 12.8 Å². The molecule has 92 valence electrons. The lowest BCUT2D eigenvalue weighted by Gasteiger charge is -2.37. The van der Waals surface area contributed by atoms with Crippen molar-refractivity contribution in [3.63, 3.8) is 0 Å². The van der Waals surface area contributed by atoms with Crippen molar-refractivity contribution in [2.75, 3.05) is 0 Å². The normalized spacial score (nSPS) is 36.8. The summed E-state index contributed by atoms with van der Waals surface area (Å²) in [5.74, 6) is -0.141. The summed E-state index contributed by atoms with van der Waals surface area (Å²) >= 11 is 0. The predicted octanol–water partition coefficient (Wildman–Crippen LogP) is 1.99. The molecule has 0 aromatic heterocycles. The quantitative estimate of drug-likeness (QED) is 0.771. The van der Waals surface area contributed by atoms with E-state index in [1.807, 2.05) is 0 Å². The molecule has 0 heterocycles. The first kappa shape index (κ1) is 11.9. The molecule has 0 spiro atoms. The topological polar surface area (TPSA) is 49.3 Å². The molecule has 0 radical (unpaired) electrons. The van der Waals surface area contributed by atoms with Gasteiger partial charge in [0, 0.05) is 6.04 Å². The average Bonchev–Trinajstić information content (AvgIpc) is 3.02. The molecule has 0 bridgehead atoms. The van der Waals surface area contributed by atoms with Crippen LogP contribution in [0.4, 0.5) is 0 Å². The molecule has 16 heavy (non-hydrogen) atoms. The maximum Gasteiger partial charge on any atom is 0.252 e. The van der Waals surface area contributed by atoms with Crippen LogP contribution in [0.15, 0.2) is 0 Å². The third-order valence-corrected chi connectivity index (χ3v) is 4.53. The van der Waals surface area contributed by atoms with E-state index in [4.69, 9.17) is 0 Å². The van der Waals surface area contributed by atoms with Gasteiger partial charge in [-0.1, -0.05) is 20.3 Å². The van der Waals surface area contributed by atoms with Crippen LogP contribution in [-0.4, -0.2) is 22.7 Å². The van der Waals surface area contributed by atoms with E-state index in [2.05, 4.69) is 19.2 Å². The number of carbonyl (C=O) groups excluding carboxylic acids is 1. The first-order valence-electron chi connectivity index (χ1n) is 6.51. The molecule has 0 atom stereocenters. The molecular weight excluding hydrogens is 202 g/mol. The minimum atomic E-state index is -1.01. The molecule has 0 aliphatic heterocycles. The fourth-order valence-corrected chi connectivity index (χ4v) is 2.48. The van der Waals surface area contributed by atoms with Crippen LogP contribution >= 0.6 is 0 Å². The molecule has 2 aliphatic rings. The first-order chi connectivity index (χ1) is 7.47. The molecule has 3 nitrogen and oxygen atoms in total. The van der Waals surface area contributed by atoms with Gasteiger partial charge in [-0.15, -0.1) is 0 Å². The summed E-state index contributed by atoms with van der Waals surface area (Å²) in [5, 5.41) is 12.7. The van der Waals surface area contributed by atoms with E-state index < -0.39 is 5.60 Å². The van der Waals surface area contributed by atoms with Crippen molar-refractivity contribution < 1.29 is 9.90 Å². The summed E-state index contributed by atoms with van der Waals surface area (Å²) < 4.78 is 0. The molecule has 0 aromatic rings. The summed E-state index contributed by atoms with van der Waals surface area (Å²) in [7, 11) is 0. The SMILES string of the molecule is CCC1(C)CCC(NC(=O)C2(O)CC2)CC1. The second-order valence-electron chi connectivity index (χ2n) is 5.94. The Labute approximate surface area is 97.6 Å². The van der Waals surface area contributed by atoms with Crippen molar-refractivity contribution in [2.45, 2.75) is 70.4 Å². The number of carbonyl (C=O) groups is 1. The Kier molecular flexibility index (Phi) is 2.99. The lowest BCUT2D eigenvalue weighted by atomic mass is 9.72. The van der Waals surface area contributed by atoms with Gasteiger partial charge in [0.25, 0.3) is 5.91 Å². The van der Waals surface area contributed by atoms with E-state index in [1.165, 1.54) is 19.3 Å². The Balaban J connectivity index is 1.79. The van der Waals surface area contributed by atoms with Crippen molar-refractivity contribution in [1.82, 2.24) is 5.32 Å². The van der Waals surface area contributed by atoms with Crippen LogP contribution in [0, 0.1) is 5.41 Å². The number of amides is 1. The minimum Gasteiger partial charge on any atom is -0.380 e. The molecular formula is C13H23NO2. The number of hydrogen-bond donors (Lipinski definition) is 2. The van der Waals surface area contributed by atoms with Crippen molar-refractivity contribution in [1.29, 1.82) is 0 Å². The summed E-state index contributed by atoms with van der Waals surface area (Å²) in [6, 6.07) is 0.289. The fraction of sp³-hybridized carbons (Fsp3) is 0.923. The summed E-state index contributed by atoms with van der Waals surface area (Å²) in [6.45, 7) is 4.57. The molecule has 2 fully saturated rings. The van der Waals surface area contributed by atoms with Crippen LogP contribution in [0.1, 0.15) is 58.8 Å². The van der Waals surface area contributed by atoms with Crippen LogP contribution in [0.2, 0.25) is 0 Å². The fourth-order valence-electron chi connectivity index (χ4n) is 2.48. The Morgan fingerprint density at radius 2 is 1.88 bits per heavy atom. The molecule has 1 amide bonds. The lowest BCUT2D eigenvalue weighted by Crippen LogP contribution is -2.45. The van der Waals surface area contributed by atoms with Crippen LogP contribution in [0.5, 0.6) is 0 Å². The molecule has 0 aromatic carbocycles. The van der Waals surface area contributed by atoms with Gasteiger partial charge < -0.3 is 10.4 Å². The molecule has 0 unspecified atom stereocenters. The van der Waals surface area contributed by atoms with Crippen LogP contribution < -0.4 is 5.32 Å². The van der Waals surface area contributed by atoms with E-state index in [9.17, 15) is 9.90 Å². The Morgan fingerprint density at radius 3 is 2.31 bits per heavy atom. The van der Waals surface area contributed by atoms with Crippen LogP contribution in [0.25, 0.3) is 0 Å². The van der Waals surface area contributed by atoms with Gasteiger partial charge in [0.1, 0.15) is 5.60 Å². The number of aliphatic hydroxyl groups is 1. The molecule has 2 saturated carbocycles. The number of nitrogens with one attached hydrogen (secondary N) is 1. The predicted molar refractivity (Wildman–Crippen MR) is 63.0 cm³/mol. The second-order valence-corrected chi connectivity index (χ2v) is 5.94. The highest BCUT2D eigenvalue weighted by Crippen LogP contribution is 2.39. The standard InChI is InChI=1S/C13H23NO2/c1-3-12(2)6-4-10(5-7-12)14-11(15)13(16)8-9-13/h10,16H,3-9H2,1-2H3,(H,14,15). The van der Waals surface area contributed by atoms with Crippen molar-refractivity contribution in [2.24, 2.45) is 5.41 Å². The highest BCUT2D eigenvalue weighted by Gasteiger charge is 2.48. The third-order valence-electron chi connectivity index (χ3n) is 4.53. The first-order valence-corrected chi connectivity index (χ1v) is 6.51. The molecule has 2 rings (SSSR count). The number of hydrogen-bond acceptors (Lipinski definition) is 2. The Bertz CT molecular complexity index is 276. The zero-order valence-corrected chi connectivity index (χ0v) is 10.4. The Morgan fingerprint density at radius 1 is 1.31 bits per heavy atom. The largest absolute Gasteiger partial charge is 0.380 e. The molecule has 2 N–H and O–H groups in total. The van der Waals surface area contributed by atoms with Gasteiger partial charge in [-0.05, 0) is 43.9 Å². The van der Waals surface area contributed by atoms with E-state index in [0.29, 0.717) is 18.3 Å². The van der Waals surface area contributed by atoms with Gasteiger partial charge in [0.15, 0.2) is 0 Å². The third kappa shape index (κ3) is 2.40. The molecule has 0 saturated heterocycles. The summed E-state index contributed by atoms with van der Waals surface area (Å²) in [5.41, 5.74) is -0.538. The van der Waals surface area contributed by atoms with Gasteiger partial charge >= 0.3 is 0 Å². The zero-order chi connectivity index (χ0) is 11.8. The van der Waals surface area contributed by atoms with E-state index in [-0.39, 0.29) is 11.9 Å². The van der Waals surface area contributed by atoms with E-state index >= 15 is 0 Å². The summed E-state index contributed by atoms with van der Waals surface area (Å²) in [6.07, 6.45) is 6.99. The highest BCUT2D eigenvalue weighted by molar-refractivity contribution is 5.87. The lowest BCUT2D eigenvalue weighted by molar-refractivity contribution is -0.132. The number of rotatable bonds is 3. The van der Waals surface area contributed by atoms with Gasteiger partial charge in [0.05, 0.1) is 0 Å². The van der Waals surface area contributed by atoms with E-state index in [1.54, 1.807) is 0 Å².